The predicted octanol–water partition coefficient (Wildman–Crippen LogP) is 3.77. The molecular formula is C16H16O2. The molecule has 18 heavy (non-hydrogen) atoms. The number of rotatable bonds is 3. The quantitative estimate of drug-likeness (QED) is 0.603. The van der Waals surface area contributed by atoms with Crippen LogP contribution in [-0.2, 0) is 16.1 Å². The average molecular weight is 240 g/mol. The first-order valence-electron chi connectivity index (χ1n) is 5.89. The third kappa shape index (κ3) is 2.43. The molecule has 0 fully saturated rings. The van der Waals surface area contributed by atoms with Crippen LogP contribution in [0.1, 0.15) is 18.1 Å². The second kappa shape index (κ2) is 5.05. The van der Waals surface area contributed by atoms with Gasteiger partial charge in [-0.15, -0.1) is 0 Å². The SMILES string of the molecule is C=C(C)C(=O)OCc1cccc2c(C)cccc12. The summed E-state index contributed by atoms with van der Waals surface area (Å²) >= 11 is 0. The third-order valence-electron chi connectivity index (χ3n) is 2.94. The molecule has 0 aliphatic carbocycles. The molecule has 0 bridgehead atoms. The number of carbonyl (C=O) groups excluding carboxylic acids is 1. The molecule has 0 saturated heterocycles. The van der Waals surface area contributed by atoms with E-state index in [2.05, 4.69) is 25.6 Å². The van der Waals surface area contributed by atoms with E-state index in [1.54, 1.807) is 6.92 Å². The summed E-state index contributed by atoms with van der Waals surface area (Å²) < 4.78 is 5.20. The van der Waals surface area contributed by atoms with Gasteiger partial charge in [0.2, 0.25) is 0 Å². The molecule has 0 aliphatic heterocycles. The summed E-state index contributed by atoms with van der Waals surface area (Å²) in [6, 6.07) is 12.2. The number of benzene rings is 2. The van der Waals surface area contributed by atoms with Gasteiger partial charge in [-0.2, -0.15) is 0 Å². The zero-order chi connectivity index (χ0) is 13.1. The lowest BCUT2D eigenvalue weighted by atomic mass is 10.0. The van der Waals surface area contributed by atoms with E-state index in [-0.39, 0.29) is 12.6 Å². The van der Waals surface area contributed by atoms with Crippen molar-refractivity contribution >= 4 is 16.7 Å². The molecular weight excluding hydrogens is 224 g/mol. The van der Waals surface area contributed by atoms with Crippen LogP contribution < -0.4 is 0 Å². The Kier molecular flexibility index (Phi) is 3.47. The van der Waals surface area contributed by atoms with Crippen molar-refractivity contribution in [2.24, 2.45) is 0 Å². The van der Waals surface area contributed by atoms with Gasteiger partial charge in [0.25, 0.3) is 0 Å². The maximum atomic E-state index is 11.4. The van der Waals surface area contributed by atoms with E-state index in [1.165, 1.54) is 10.9 Å². The van der Waals surface area contributed by atoms with Crippen LogP contribution in [0.25, 0.3) is 10.8 Å². The molecule has 0 radical (unpaired) electrons. The lowest BCUT2D eigenvalue weighted by Gasteiger charge is -2.09. The minimum absolute atomic E-state index is 0.284. The summed E-state index contributed by atoms with van der Waals surface area (Å²) in [5, 5.41) is 2.33. The van der Waals surface area contributed by atoms with Crippen molar-refractivity contribution in [2.75, 3.05) is 0 Å². The molecule has 0 aromatic heterocycles. The normalized spacial score (nSPS) is 10.3. The van der Waals surface area contributed by atoms with E-state index >= 15 is 0 Å². The Morgan fingerprint density at radius 1 is 1.17 bits per heavy atom. The van der Waals surface area contributed by atoms with Crippen molar-refractivity contribution in [3.63, 3.8) is 0 Å². The minimum Gasteiger partial charge on any atom is -0.457 e. The Morgan fingerprint density at radius 3 is 2.56 bits per heavy atom. The molecule has 2 nitrogen and oxygen atoms in total. The summed E-state index contributed by atoms with van der Waals surface area (Å²) in [6.45, 7) is 7.58. The van der Waals surface area contributed by atoms with Gasteiger partial charge in [-0.25, -0.2) is 4.79 Å². The zero-order valence-corrected chi connectivity index (χ0v) is 10.7. The van der Waals surface area contributed by atoms with Crippen LogP contribution >= 0.6 is 0 Å². The Labute approximate surface area is 107 Å². The van der Waals surface area contributed by atoms with E-state index in [1.807, 2.05) is 24.3 Å². The molecule has 0 atom stereocenters. The first-order valence-corrected chi connectivity index (χ1v) is 5.89. The van der Waals surface area contributed by atoms with Crippen LogP contribution in [0.2, 0.25) is 0 Å². The molecule has 0 heterocycles. The maximum absolute atomic E-state index is 11.4. The first-order chi connectivity index (χ1) is 8.59. The number of aryl methyl sites for hydroxylation is 1. The van der Waals surface area contributed by atoms with Crippen LogP contribution in [0, 0.1) is 6.92 Å². The molecule has 2 aromatic rings. The second-order valence-corrected chi connectivity index (χ2v) is 4.44. The van der Waals surface area contributed by atoms with E-state index in [9.17, 15) is 4.79 Å². The number of ether oxygens (including phenoxy) is 1. The minimum atomic E-state index is -0.348. The molecule has 0 saturated carbocycles. The van der Waals surface area contributed by atoms with Crippen LogP contribution in [0.3, 0.4) is 0 Å². The lowest BCUT2D eigenvalue weighted by molar-refractivity contribution is -0.140. The van der Waals surface area contributed by atoms with E-state index < -0.39 is 0 Å². The van der Waals surface area contributed by atoms with E-state index in [4.69, 9.17) is 4.74 Å². The van der Waals surface area contributed by atoms with Crippen LogP contribution in [0.4, 0.5) is 0 Å². The van der Waals surface area contributed by atoms with Gasteiger partial charge < -0.3 is 4.74 Å². The Bertz CT molecular complexity index is 612. The molecule has 2 rings (SSSR count). The maximum Gasteiger partial charge on any atom is 0.333 e. The summed E-state index contributed by atoms with van der Waals surface area (Å²) in [7, 11) is 0. The van der Waals surface area contributed by atoms with Gasteiger partial charge in [0.15, 0.2) is 0 Å². The van der Waals surface area contributed by atoms with Gasteiger partial charge in [-0.3, -0.25) is 0 Å². The highest BCUT2D eigenvalue weighted by Gasteiger charge is 2.06. The molecule has 2 aromatic carbocycles. The van der Waals surface area contributed by atoms with Crippen molar-refractivity contribution in [3.8, 4) is 0 Å². The number of carbonyl (C=O) groups is 1. The summed E-state index contributed by atoms with van der Waals surface area (Å²) in [4.78, 5) is 11.4. The van der Waals surface area contributed by atoms with Gasteiger partial charge in [0.1, 0.15) is 6.61 Å². The highest BCUT2D eigenvalue weighted by Crippen LogP contribution is 2.22. The number of fused-ring (bicyclic) bond motifs is 1. The standard InChI is InChI=1S/C16H16O2/c1-11(2)16(17)18-10-13-7-5-8-14-12(3)6-4-9-15(13)14/h4-9H,1,10H2,2-3H3. The number of hydrogen-bond acceptors (Lipinski definition) is 2. The van der Waals surface area contributed by atoms with Crippen molar-refractivity contribution < 1.29 is 9.53 Å². The third-order valence-corrected chi connectivity index (χ3v) is 2.94. The molecule has 0 amide bonds. The Hall–Kier alpha value is -2.09. The average Bonchev–Trinajstić information content (AvgIpc) is 2.36. The first kappa shape index (κ1) is 12.4. The topological polar surface area (TPSA) is 26.3 Å². The van der Waals surface area contributed by atoms with Crippen LogP contribution in [-0.4, -0.2) is 5.97 Å². The number of hydrogen-bond donors (Lipinski definition) is 0. The van der Waals surface area contributed by atoms with Crippen molar-refractivity contribution in [1.29, 1.82) is 0 Å². The summed E-state index contributed by atoms with van der Waals surface area (Å²) in [5.74, 6) is -0.348. The molecule has 0 unspecified atom stereocenters. The largest absolute Gasteiger partial charge is 0.457 e. The van der Waals surface area contributed by atoms with Gasteiger partial charge in [0.05, 0.1) is 0 Å². The fourth-order valence-corrected chi connectivity index (χ4v) is 1.92. The van der Waals surface area contributed by atoms with Gasteiger partial charge in [0, 0.05) is 5.57 Å². The predicted molar refractivity (Wildman–Crippen MR) is 73.3 cm³/mol. The smallest absolute Gasteiger partial charge is 0.333 e. The molecule has 0 N–H and O–H groups in total. The van der Waals surface area contributed by atoms with E-state index in [0.29, 0.717) is 5.57 Å². The van der Waals surface area contributed by atoms with E-state index in [0.717, 1.165) is 10.9 Å². The van der Waals surface area contributed by atoms with Crippen molar-refractivity contribution in [3.05, 3.63) is 59.7 Å². The monoisotopic (exact) mass is 240 g/mol. The van der Waals surface area contributed by atoms with Gasteiger partial charge in [-0.05, 0) is 35.7 Å². The fourth-order valence-electron chi connectivity index (χ4n) is 1.92. The van der Waals surface area contributed by atoms with Crippen molar-refractivity contribution in [2.45, 2.75) is 20.5 Å². The summed E-state index contributed by atoms with van der Waals surface area (Å²) in [6.07, 6.45) is 0. The fraction of sp³-hybridized carbons (Fsp3) is 0.188. The van der Waals surface area contributed by atoms with Crippen LogP contribution in [0.15, 0.2) is 48.6 Å². The molecule has 0 aliphatic rings. The second-order valence-electron chi connectivity index (χ2n) is 4.44. The summed E-state index contributed by atoms with van der Waals surface area (Å²) in [5.41, 5.74) is 2.66. The molecule has 92 valence electrons. The van der Waals surface area contributed by atoms with Crippen molar-refractivity contribution in [1.82, 2.24) is 0 Å². The lowest BCUT2D eigenvalue weighted by Crippen LogP contribution is -2.05. The Balaban J connectivity index is 2.32. The van der Waals surface area contributed by atoms with Gasteiger partial charge >= 0.3 is 5.97 Å². The Morgan fingerprint density at radius 2 is 1.83 bits per heavy atom. The van der Waals surface area contributed by atoms with Gasteiger partial charge in [-0.1, -0.05) is 43.0 Å². The highest BCUT2D eigenvalue weighted by molar-refractivity contribution is 5.89. The highest BCUT2D eigenvalue weighted by atomic mass is 16.5. The van der Waals surface area contributed by atoms with Crippen LogP contribution in [0.5, 0.6) is 0 Å². The zero-order valence-electron chi connectivity index (χ0n) is 10.7. The number of esters is 1. The molecule has 0 spiro atoms. The molecule has 2 heteroatoms.